The average Bonchev–Trinajstić information content (AvgIpc) is 3.17. The summed E-state index contributed by atoms with van der Waals surface area (Å²) < 4.78 is 7.55. The fourth-order valence-electron chi connectivity index (χ4n) is 4.00. The van der Waals surface area contributed by atoms with E-state index in [2.05, 4.69) is 40.5 Å². The summed E-state index contributed by atoms with van der Waals surface area (Å²) in [5.74, 6) is 2.90. The van der Waals surface area contributed by atoms with Crippen molar-refractivity contribution in [1.82, 2.24) is 24.7 Å². The van der Waals surface area contributed by atoms with Crippen LogP contribution in [0.1, 0.15) is 39.4 Å². The largest absolute Gasteiger partial charge is 0.378 e. The maximum atomic E-state index is 12.8. The molecule has 0 aliphatic carbocycles. The molecule has 3 rings (SSSR count). The number of halogens is 1. The molecule has 1 aromatic rings. The van der Waals surface area contributed by atoms with Gasteiger partial charge >= 0.3 is 0 Å². The summed E-state index contributed by atoms with van der Waals surface area (Å²) in [4.78, 5) is 26.3. The Morgan fingerprint density at radius 3 is 2.57 bits per heavy atom. The normalized spacial score (nSPS) is 18.5. The lowest BCUT2D eigenvalue weighted by atomic mass is 9.95. The quantitative estimate of drug-likeness (QED) is 0.346. The van der Waals surface area contributed by atoms with Gasteiger partial charge < -0.3 is 24.4 Å². The van der Waals surface area contributed by atoms with Crippen LogP contribution in [0.3, 0.4) is 0 Å². The predicted octanol–water partition coefficient (Wildman–Crippen LogP) is 2.19. The zero-order chi connectivity index (χ0) is 20.6. The Morgan fingerprint density at radius 1 is 1.23 bits per heavy atom. The Hall–Kier alpha value is -1.36. The number of imidazole rings is 1. The van der Waals surface area contributed by atoms with Crippen LogP contribution in [-0.4, -0.2) is 77.2 Å². The number of carbonyl (C=O) groups is 1. The molecule has 0 unspecified atom stereocenters. The highest BCUT2D eigenvalue weighted by molar-refractivity contribution is 14.0. The molecular formula is C21H37IN6O2. The Kier molecular flexibility index (Phi) is 10.4. The van der Waals surface area contributed by atoms with Gasteiger partial charge in [-0.2, -0.15) is 0 Å². The van der Waals surface area contributed by atoms with E-state index in [4.69, 9.17) is 9.73 Å². The zero-order valence-corrected chi connectivity index (χ0v) is 20.9. The van der Waals surface area contributed by atoms with Gasteiger partial charge in [0, 0.05) is 57.6 Å². The monoisotopic (exact) mass is 532 g/mol. The fraction of sp³-hybridized carbons (Fsp3) is 0.762. The lowest BCUT2D eigenvalue weighted by Gasteiger charge is -2.36. The SMILES string of the molecule is CCNC(=NCc1nccn1CC(C)C)N1CCC(C(=O)N2CCOCC2)CC1.I. The molecule has 9 heteroatoms. The first-order valence-electron chi connectivity index (χ1n) is 11.0. The number of aliphatic imine (C=N–C) groups is 1. The molecule has 1 amide bonds. The summed E-state index contributed by atoms with van der Waals surface area (Å²) >= 11 is 0. The van der Waals surface area contributed by atoms with Gasteiger partial charge in [-0.3, -0.25) is 4.79 Å². The van der Waals surface area contributed by atoms with Crippen molar-refractivity contribution in [2.45, 2.75) is 46.7 Å². The van der Waals surface area contributed by atoms with Gasteiger partial charge in [-0.1, -0.05) is 13.8 Å². The van der Waals surface area contributed by atoms with Crippen LogP contribution in [0.5, 0.6) is 0 Å². The van der Waals surface area contributed by atoms with E-state index >= 15 is 0 Å². The molecule has 2 fully saturated rings. The van der Waals surface area contributed by atoms with Crippen LogP contribution < -0.4 is 5.32 Å². The number of carbonyl (C=O) groups excluding carboxylic acids is 1. The maximum Gasteiger partial charge on any atom is 0.225 e. The number of aromatic nitrogens is 2. The van der Waals surface area contributed by atoms with Crippen LogP contribution in [-0.2, 0) is 22.6 Å². The molecule has 2 aliphatic heterocycles. The number of guanidine groups is 1. The molecule has 30 heavy (non-hydrogen) atoms. The van der Waals surface area contributed by atoms with Crippen molar-refractivity contribution in [3.05, 3.63) is 18.2 Å². The average molecular weight is 532 g/mol. The molecule has 170 valence electrons. The number of rotatable bonds is 6. The van der Waals surface area contributed by atoms with Gasteiger partial charge in [0.1, 0.15) is 12.4 Å². The minimum Gasteiger partial charge on any atom is -0.378 e. The summed E-state index contributed by atoms with van der Waals surface area (Å²) in [5.41, 5.74) is 0. The number of nitrogens with one attached hydrogen (secondary N) is 1. The number of nitrogens with zero attached hydrogens (tertiary/aromatic N) is 5. The highest BCUT2D eigenvalue weighted by atomic mass is 127. The maximum absolute atomic E-state index is 12.8. The number of hydrogen-bond donors (Lipinski definition) is 1. The molecule has 0 bridgehead atoms. The molecule has 2 saturated heterocycles. The smallest absolute Gasteiger partial charge is 0.225 e. The number of ether oxygens (including phenoxy) is 1. The molecule has 2 aliphatic rings. The van der Waals surface area contributed by atoms with Crippen molar-refractivity contribution in [2.24, 2.45) is 16.8 Å². The topological polar surface area (TPSA) is 75.0 Å². The number of morpholine rings is 1. The molecule has 0 saturated carbocycles. The zero-order valence-electron chi connectivity index (χ0n) is 18.5. The van der Waals surface area contributed by atoms with Crippen molar-refractivity contribution in [3.63, 3.8) is 0 Å². The first-order chi connectivity index (χ1) is 14.1. The molecule has 3 heterocycles. The highest BCUT2D eigenvalue weighted by Gasteiger charge is 2.30. The van der Waals surface area contributed by atoms with Crippen molar-refractivity contribution in [3.8, 4) is 0 Å². The van der Waals surface area contributed by atoms with Gasteiger partial charge in [0.25, 0.3) is 0 Å². The number of amides is 1. The van der Waals surface area contributed by atoms with Crippen LogP contribution in [0.4, 0.5) is 0 Å². The summed E-state index contributed by atoms with van der Waals surface area (Å²) in [6.07, 6.45) is 5.63. The van der Waals surface area contributed by atoms with Crippen LogP contribution in [0.2, 0.25) is 0 Å². The van der Waals surface area contributed by atoms with Crippen LogP contribution in [0.15, 0.2) is 17.4 Å². The first kappa shape index (κ1) is 24.9. The molecule has 1 aromatic heterocycles. The molecule has 0 radical (unpaired) electrons. The van der Waals surface area contributed by atoms with Gasteiger partial charge in [-0.15, -0.1) is 24.0 Å². The molecule has 0 aromatic carbocycles. The van der Waals surface area contributed by atoms with E-state index < -0.39 is 0 Å². The molecule has 0 atom stereocenters. The van der Waals surface area contributed by atoms with E-state index in [-0.39, 0.29) is 29.9 Å². The Balaban J connectivity index is 0.00000320. The number of hydrogen-bond acceptors (Lipinski definition) is 4. The van der Waals surface area contributed by atoms with Crippen LogP contribution >= 0.6 is 24.0 Å². The second kappa shape index (κ2) is 12.5. The fourth-order valence-corrected chi connectivity index (χ4v) is 4.00. The van der Waals surface area contributed by atoms with E-state index in [9.17, 15) is 4.79 Å². The van der Waals surface area contributed by atoms with Gasteiger partial charge in [0.2, 0.25) is 5.91 Å². The van der Waals surface area contributed by atoms with Crippen LogP contribution in [0, 0.1) is 11.8 Å². The van der Waals surface area contributed by atoms with Crippen LogP contribution in [0.25, 0.3) is 0 Å². The van der Waals surface area contributed by atoms with Crippen molar-refractivity contribution >= 4 is 35.8 Å². The van der Waals surface area contributed by atoms with Gasteiger partial charge in [0.05, 0.1) is 13.2 Å². The third kappa shape index (κ3) is 6.83. The van der Waals surface area contributed by atoms with E-state index in [1.54, 1.807) is 0 Å². The van der Waals surface area contributed by atoms with E-state index in [0.29, 0.717) is 31.6 Å². The molecule has 0 spiro atoms. The second-order valence-corrected chi connectivity index (χ2v) is 8.26. The minimum absolute atomic E-state index is 0. The summed E-state index contributed by atoms with van der Waals surface area (Å²) in [6, 6.07) is 0. The third-order valence-corrected chi connectivity index (χ3v) is 5.54. The Labute approximate surface area is 197 Å². The van der Waals surface area contributed by atoms with Crippen molar-refractivity contribution in [2.75, 3.05) is 45.9 Å². The van der Waals surface area contributed by atoms with Gasteiger partial charge in [-0.25, -0.2) is 9.98 Å². The van der Waals surface area contributed by atoms with Crippen molar-refractivity contribution < 1.29 is 9.53 Å². The lowest BCUT2D eigenvalue weighted by Crippen LogP contribution is -2.50. The first-order valence-corrected chi connectivity index (χ1v) is 11.0. The Bertz CT molecular complexity index is 679. The molecular weight excluding hydrogens is 495 g/mol. The summed E-state index contributed by atoms with van der Waals surface area (Å²) in [7, 11) is 0. The minimum atomic E-state index is 0. The predicted molar refractivity (Wildman–Crippen MR) is 129 cm³/mol. The number of piperidine rings is 1. The Morgan fingerprint density at radius 2 is 1.93 bits per heavy atom. The number of likely N-dealkylation sites (tertiary alicyclic amines) is 1. The summed E-state index contributed by atoms with van der Waals surface area (Å²) in [5, 5.41) is 3.41. The third-order valence-electron chi connectivity index (χ3n) is 5.54. The van der Waals surface area contributed by atoms with E-state index in [1.807, 2.05) is 17.3 Å². The second-order valence-electron chi connectivity index (χ2n) is 8.26. The van der Waals surface area contributed by atoms with Crippen molar-refractivity contribution in [1.29, 1.82) is 0 Å². The van der Waals surface area contributed by atoms with Gasteiger partial charge in [-0.05, 0) is 25.7 Å². The summed E-state index contributed by atoms with van der Waals surface area (Å²) in [6.45, 7) is 13.3. The lowest BCUT2D eigenvalue weighted by molar-refractivity contribution is -0.140. The molecule has 8 nitrogen and oxygen atoms in total. The van der Waals surface area contributed by atoms with E-state index in [0.717, 1.165) is 63.9 Å². The highest BCUT2D eigenvalue weighted by Crippen LogP contribution is 2.20. The molecule has 1 N–H and O–H groups in total. The van der Waals surface area contributed by atoms with E-state index in [1.165, 1.54) is 0 Å². The van der Waals surface area contributed by atoms with Gasteiger partial charge in [0.15, 0.2) is 5.96 Å². The standard InChI is InChI=1S/C21H36N6O2.HI/c1-4-22-21(24-15-19-23-7-10-27(19)16-17(2)3)26-8-5-18(6-9-26)20(28)25-11-13-29-14-12-25;/h7,10,17-18H,4-6,8-9,11-16H2,1-3H3,(H,22,24);1H.